The van der Waals surface area contributed by atoms with Crippen LogP contribution in [0.5, 0.6) is 5.75 Å². The summed E-state index contributed by atoms with van der Waals surface area (Å²) < 4.78 is 31.9. The molecular formula is C13H17NO5S. The zero-order chi connectivity index (χ0) is 14.8. The fraction of sp³-hybridized carbons (Fsp3) is 0.462. The van der Waals surface area contributed by atoms with Crippen molar-refractivity contribution in [1.82, 2.24) is 4.72 Å². The van der Waals surface area contributed by atoms with E-state index in [1.165, 1.54) is 12.1 Å². The molecule has 1 saturated carbocycles. The average Bonchev–Trinajstić information content (AvgIpc) is 3.19. The summed E-state index contributed by atoms with van der Waals surface area (Å²) >= 11 is 0. The maximum absolute atomic E-state index is 12.0. The minimum absolute atomic E-state index is 0.0238. The summed E-state index contributed by atoms with van der Waals surface area (Å²) in [6.07, 6.45) is 2.38. The fourth-order valence-corrected chi connectivity index (χ4v) is 3.00. The van der Waals surface area contributed by atoms with E-state index in [4.69, 9.17) is 9.84 Å². The third-order valence-corrected chi connectivity index (χ3v) is 4.37. The van der Waals surface area contributed by atoms with Crippen LogP contribution in [0.1, 0.15) is 36.5 Å². The van der Waals surface area contributed by atoms with Gasteiger partial charge in [-0.15, -0.1) is 0 Å². The van der Waals surface area contributed by atoms with Gasteiger partial charge in [-0.3, -0.25) is 0 Å². The number of sulfonamides is 1. The fourth-order valence-electron chi connectivity index (χ4n) is 1.67. The van der Waals surface area contributed by atoms with E-state index in [9.17, 15) is 13.2 Å². The van der Waals surface area contributed by atoms with E-state index in [-0.39, 0.29) is 22.3 Å². The number of carboxylic acid groups (broad SMARTS) is 1. The van der Waals surface area contributed by atoms with Crippen LogP contribution in [0.3, 0.4) is 0 Å². The molecule has 0 aromatic heterocycles. The summed E-state index contributed by atoms with van der Waals surface area (Å²) in [6, 6.07) is 3.87. The van der Waals surface area contributed by atoms with Crippen molar-refractivity contribution in [2.75, 3.05) is 6.61 Å². The van der Waals surface area contributed by atoms with Gasteiger partial charge in [-0.05, 0) is 37.5 Å². The van der Waals surface area contributed by atoms with Crippen LogP contribution in [0.25, 0.3) is 0 Å². The van der Waals surface area contributed by atoms with Crippen molar-refractivity contribution in [1.29, 1.82) is 0 Å². The van der Waals surface area contributed by atoms with Gasteiger partial charge in [-0.1, -0.05) is 6.92 Å². The van der Waals surface area contributed by atoms with E-state index in [1.807, 2.05) is 6.92 Å². The van der Waals surface area contributed by atoms with Gasteiger partial charge in [0.2, 0.25) is 10.0 Å². The number of aromatic carboxylic acids is 1. The largest absolute Gasteiger partial charge is 0.493 e. The molecule has 20 heavy (non-hydrogen) atoms. The van der Waals surface area contributed by atoms with Gasteiger partial charge in [-0.25, -0.2) is 17.9 Å². The molecule has 0 radical (unpaired) electrons. The molecule has 110 valence electrons. The lowest BCUT2D eigenvalue weighted by Crippen LogP contribution is -2.26. The summed E-state index contributed by atoms with van der Waals surface area (Å²) in [7, 11) is -3.66. The highest BCUT2D eigenvalue weighted by Gasteiger charge is 2.28. The molecule has 0 aliphatic heterocycles. The smallest absolute Gasteiger partial charge is 0.339 e. The third-order valence-electron chi connectivity index (χ3n) is 2.85. The van der Waals surface area contributed by atoms with Gasteiger partial charge in [0.25, 0.3) is 0 Å². The normalized spacial score (nSPS) is 15.1. The summed E-state index contributed by atoms with van der Waals surface area (Å²) in [4.78, 5) is 11.2. The second-order valence-corrected chi connectivity index (χ2v) is 6.42. The van der Waals surface area contributed by atoms with Crippen LogP contribution in [-0.2, 0) is 10.0 Å². The van der Waals surface area contributed by atoms with E-state index in [2.05, 4.69) is 4.72 Å². The van der Waals surface area contributed by atoms with Crippen molar-refractivity contribution in [3.63, 3.8) is 0 Å². The van der Waals surface area contributed by atoms with Crippen molar-refractivity contribution in [3.05, 3.63) is 23.8 Å². The first-order valence-corrected chi connectivity index (χ1v) is 7.95. The number of carbonyl (C=O) groups is 1. The summed E-state index contributed by atoms with van der Waals surface area (Å²) in [5.74, 6) is -1.02. The highest BCUT2D eigenvalue weighted by atomic mass is 32.2. The number of hydrogen-bond donors (Lipinski definition) is 2. The van der Waals surface area contributed by atoms with Crippen LogP contribution in [0, 0.1) is 0 Å². The molecule has 0 unspecified atom stereocenters. The lowest BCUT2D eigenvalue weighted by molar-refractivity contribution is 0.0692. The van der Waals surface area contributed by atoms with Gasteiger partial charge in [-0.2, -0.15) is 0 Å². The lowest BCUT2D eigenvalue weighted by Gasteiger charge is -2.11. The number of nitrogens with one attached hydrogen (secondary N) is 1. The Bertz CT molecular complexity index is 607. The minimum Gasteiger partial charge on any atom is -0.493 e. The molecule has 2 rings (SSSR count). The Kier molecular flexibility index (Phi) is 4.29. The number of carboxylic acids is 1. The highest BCUT2D eigenvalue weighted by molar-refractivity contribution is 7.89. The van der Waals surface area contributed by atoms with E-state index in [1.54, 1.807) is 0 Å². The molecule has 0 spiro atoms. The van der Waals surface area contributed by atoms with Crippen LogP contribution in [0.2, 0.25) is 0 Å². The van der Waals surface area contributed by atoms with Gasteiger partial charge in [0.05, 0.1) is 11.5 Å². The van der Waals surface area contributed by atoms with E-state index >= 15 is 0 Å². The van der Waals surface area contributed by atoms with Crippen molar-refractivity contribution in [2.45, 2.75) is 37.1 Å². The highest BCUT2D eigenvalue weighted by Crippen LogP contribution is 2.26. The van der Waals surface area contributed by atoms with Crippen molar-refractivity contribution in [3.8, 4) is 5.75 Å². The second kappa shape index (κ2) is 5.80. The number of hydrogen-bond acceptors (Lipinski definition) is 4. The zero-order valence-corrected chi connectivity index (χ0v) is 11.9. The Morgan fingerprint density at radius 1 is 1.45 bits per heavy atom. The molecule has 1 aliphatic rings. The number of rotatable bonds is 7. The molecule has 7 heteroatoms. The topological polar surface area (TPSA) is 92.7 Å². The molecule has 0 amide bonds. The van der Waals surface area contributed by atoms with Gasteiger partial charge < -0.3 is 9.84 Å². The monoisotopic (exact) mass is 299 g/mol. The van der Waals surface area contributed by atoms with Crippen LogP contribution in [-0.4, -0.2) is 32.1 Å². The maximum Gasteiger partial charge on any atom is 0.339 e. The quantitative estimate of drug-likeness (QED) is 0.798. The first-order chi connectivity index (χ1) is 9.44. The average molecular weight is 299 g/mol. The second-order valence-electron chi connectivity index (χ2n) is 4.71. The standard InChI is InChI=1S/C13H17NO5S/c1-2-7-19-12-6-5-10(8-11(12)13(15)16)20(17,18)14-9-3-4-9/h5-6,8-9,14H,2-4,7H2,1H3,(H,15,16). The Morgan fingerprint density at radius 2 is 2.15 bits per heavy atom. The molecule has 6 nitrogen and oxygen atoms in total. The molecule has 0 atom stereocenters. The Morgan fingerprint density at radius 3 is 2.70 bits per heavy atom. The van der Waals surface area contributed by atoms with Crippen molar-refractivity contribution in [2.24, 2.45) is 0 Å². The van der Waals surface area contributed by atoms with Crippen LogP contribution in [0.4, 0.5) is 0 Å². The maximum atomic E-state index is 12.0. The molecule has 0 heterocycles. The molecule has 1 fully saturated rings. The third kappa shape index (κ3) is 3.49. The summed E-state index contributed by atoms with van der Waals surface area (Å²) in [5, 5.41) is 9.15. The Labute approximate surface area is 117 Å². The first kappa shape index (κ1) is 14.8. The minimum atomic E-state index is -3.66. The molecule has 0 saturated heterocycles. The molecular weight excluding hydrogens is 282 g/mol. The number of benzene rings is 1. The van der Waals surface area contributed by atoms with Gasteiger partial charge >= 0.3 is 5.97 Å². The Balaban J connectivity index is 2.31. The molecule has 1 aromatic rings. The van der Waals surface area contributed by atoms with Gasteiger partial charge in [0.15, 0.2) is 0 Å². The molecule has 2 N–H and O–H groups in total. The van der Waals surface area contributed by atoms with Crippen molar-refractivity contribution < 1.29 is 23.1 Å². The number of ether oxygens (including phenoxy) is 1. The predicted molar refractivity (Wildman–Crippen MR) is 72.5 cm³/mol. The summed E-state index contributed by atoms with van der Waals surface area (Å²) in [6.45, 7) is 2.28. The van der Waals surface area contributed by atoms with Gasteiger partial charge in [0, 0.05) is 6.04 Å². The van der Waals surface area contributed by atoms with Crippen LogP contribution < -0.4 is 9.46 Å². The Hall–Kier alpha value is -1.60. The van der Waals surface area contributed by atoms with E-state index in [0.29, 0.717) is 6.61 Å². The molecule has 1 aromatic carbocycles. The van der Waals surface area contributed by atoms with E-state index in [0.717, 1.165) is 25.3 Å². The van der Waals surface area contributed by atoms with E-state index < -0.39 is 16.0 Å². The summed E-state index contributed by atoms with van der Waals surface area (Å²) in [5.41, 5.74) is -0.142. The zero-order valence-electron chi connectivity index (χ0n) is 11.1. The first-order valence-electron chi connectivity index (χ1n) is 6.46. The van der Waals surface area contributed by atoms with Gasteiger partial charge in [0.1, 0.15) is 11.3 Å². The van der Waals surface area contributed by atoms with Crippen LogP contribution >= 0.6 is 0 Å². The molecule has 0 bridgehead atoms. The van der Waals surface area contributed by atoms with Crippen molar-refractivity contribution >= 4 is 16.0 Å². The SMILES string of the molecule is CCCOc1ccc(S(=O)(=O)NC2CC2)cc1C(=O)O. The predicted octanol–water partition coefficient (Wildman–Crippen LogP) is 1.61. The van der Waals surface area contributed by atoms with Crippen LogP contribution in [0.15, 0.2) is 23.1 Å². The molecule has 1 aliphatic carbocycles. The lowest BCUT2D eigenvalue weighted by atomic mass is 10.2.